The minimum Gasteiger partial charge on any atom is -0.378 e. The molecule has 2 aliphatic rings. The van der Waals surface area contributed by atoms with E-state index in [1.807, 2.05) is 43.3 Å². The second-order valence-electron chi connectivity index (χ2n) is 10.6. The largest absolute Gasteiger partial charge is 0.378 e. The highest BCUT2D eigenvalue weighted by Gasteiger charge is 2.24. The molecule has 2 aromatic heterocycles. The van der Waals surface area contributed by atoms with Crippen LogP contribution < -0.4 is 16.0 Å². The van der Waals surface area contributed by atoms with Crippen molar-refractivity contribution in [3.63, 3.8) is 0 Å². The van der Waals surface area contributed by atoms with Crippen LogP contribution in [0.1, 0.15) is 65.7 Å². The molecule has 4 N–H and O–H groups in total. The highest BCUT2D eigenvalue weighted by molar-refractivity contribution is 6.34. The highest BCUT2D eigenvalue weighted by Crippen LogP contribution is 2.36. The van der Waals surface area contributed by atoms with Gasteiger partial charge in [-0.25, -0.2) is 14.4 Å². The Hall–Kier alpha value is -5.49. The van der Waals surface area contributed by atoms with Crippen LogP contribution in [-0.2, 0) is 4.79 Å². The third-order valence-electron chi connectivity index (χ3n) is 7.67. The minimum absolute atomic E-state index is 0.0719. The summed E-state index contributed by atoms with van der Waals surface area (Å²) in [6, 6.07) is 16.4. The lowest BCUT2D eigenvalue weighted by Gasteiger charge is -2.27. The molecular weight excluding hydrogens is 541 g/mol. The number of nitrogens with one attached hydrogen (secondary N) is 4. The molecule has 43 heavy (non-hydrogen) atoms. The van der Waals surface area contributed by atoms with Gasteiger partial charge in [0.05, 0.1) is 29.4 Å². The van der Waals surface area contributed by atoms with Crippen LogP contribution in [0.4, 0.5) is 15.9 Å². The molecule has 1 fully saturated rings. The van der Waals surface area contributed by atoms with Gasteiger partial charge in [-0.3, -0.25) is 4.79 Å². The first-order valence-electron chi connectivity index (χ1n) is 14.2. The third-order valence-corrected chi connectivity index (χ3v) is 7.67. The van der Waals surface area contributed by atoms with Crippen molar-refractivity contribution in [3.8, 4) is 6.07 Å². The van der Waals surface area contributed by atoms with E-state index in [1.54, 1.807) is 36.9 Å². The van der Waals surface area contributed by atoms with Gasteiger partial charge < -0.3 is 20.9 Å². The van der Waals surface area contributed by atoms with E-state index in [1.165, 1.54) is 17.7 Å². The van der Waals surface area contributed by atoms with Gasteiger partial charge in [0.2, 0.25) is 0 Å². The maximum absolute atomic E-state index is 13.5. The summed E-state index contributed by atoms with van der Waals surface area (Å²) in [6.07, 6.45) is 13.7. The number of aromatic amines is 1. The number of H-pyrrole nitrogens is 1. The SMILES string of the molecule is C[C@H](NC(=C1CCC1)c1cc(C#N)cnc1NC/C=C/c1ccc2c(c1)NC(=O)/C2=C\c1cnc[nH]1)c1ccc(F)cc1. The average Bonchev–Trinajstić information content (AvgIpc) is 3.61. The van der Waals surface area contributed by atoms with Crippen LogP contribution >= 0.6 is 0 Å². The quantitative estimate of drug-likeness (QED) is 0.167. The van der Waals surface area contributed by atoms with Gasteiger partial charge in [-0.05, 0) is 73.2 Å². The van der Waals surface area contributed by atoms with E-state index in [0.29, 0.717) is 23.5 Å². The molecular formula is C34H30FN7O. The second-order valence-corrected chi connectivity index (χ2v) is 10.6. The van der Waals surface area contributed by atoms with Crippen molar-refractivity contribution < 1.29 is 9.18 Å². The topological polar surface area (TPSA) is 119 Å². The van der Waals surface area contributed by atoms with Gasteiger partial charge in [0.15, 0.2) is 0 Å². The molecule has 6 rings (SSSR count). The third kappa shape index (κ3) is 6.09. The molecule has 1 aliphatic carbocycles. The van der Waals surface area contributed by atoms with Crippen LogP contribution in [0.15, 0.2) is 78.9 Å². The van der Waals surface area contributed by atoms with Gasteiger partial charge in [0.25, 0.3) is 5.91 Å². The average molecular weight is 572 g/mol. The standard InChI is InChI=1S/C34H30FN7O/c1-21(24-8-10-26(35)11-9-24)41-32(25-5-2-6-25)30-14-23(17-36)18-39-33(30)38-13-3-4-22-7-12-28-29(16-27-19-37-20-40-27)34(43)42-31(28)15-22/h3-4,7-12,14-16,18-21,41H,2,5-6,13H2,1H3,(H,37,40)(H,38,39)(H,42,43)/b4-3+,29-16-/t21-/m0/s1. The van der Waals surface area contributed by atoms with Gasteiger partial charge in [-0.1, -0.05) is 36.4 Å². The lowest BCUT2D eigenvalue weighted by Crippen LogP contribution is -2.22. The minimum atomic E-state index is -0.268. The number of carbonyl (C=O) groups is 1. The van der Waals surface area contributed by atoms with Crippen LogP contribution in [0.3, 0.4) is 0 Å². The second kappa shape index (κ2) is 12.2. The zero-order valence-electron chi connectivity index (χ0n) is 23.6. The Labute approximate surface area is 249 Å². The number of rotatable bonds is 9. The fourth-order valence-electron chi connectivity index (χ4n) is 5.19. The molecule has 0 radical (unpaired) electrons. The maximum Gasteiger partial charge on any atom is 0.256 e. The van der Waals surface area contributed by atoms with Crippen molar-refractivity contribution in [2.24, 2.45) is 0 Å². The van der Waals surface area contributed by atoms with Crippen LogP contribution in [-0.4, -0.2) is 27.4 Å². The van der Waals surface area contributed by atoms with Crippen LogP contribution in [0, 0.1) is 17.1 Å². The molecule has 214 valence electrons. The van der Waals surface area contributed by atoms with Gasteiger partial charge in [-0.2, -0.15) is 5.26 Å². The van der Waals surface area contributed by atoms with Crippen molar-refractivity contribution >= 4 is 40.8 Å². The summed E-state index contributed by atoms with van der Waals surface area (Å²) in [6.45, 7) is 2.54. The molecule has 1 amide bonds. The number of allylic oxidation sites excluding steroid dienone is 1. The number of hydrogen-bond donors (Lipinski definition) is 4. The predicted octanol–water partition coefficient (Wildman–Crippen LogP) is 6.68. The Morgan fingerprint density at radius 1 is 1.16 bits per heavy atom. The Morgan fingerprint density at radius 2 is 2.00 bits per heavy atom. The summed E-state index contributed by atoms with van der Waals surface area (Å²) in [4.78, 5) is 24.2. The van der Waals surface area contributed by atoms with Crippen molar-refractivity contribution in [3.05, 3.63) is 118 Å². The monoisotopic (exact) mass is 571 g/mol. The molecule has 0 unspecified atom stereocenters. The number of amides is 1. The number of benzene rings is 2. The van der Waals surface area contributed by atoms with E-state index >= 15 is 0 Å². The van der Waals surface area contributed by atoms with E-state index < -0.39 is 0 Å². The van der Waals surface area contributed by atoms with Crippen LogP contribution in [0.2, 0.25) is 0 Å². The van der Waals surface area contributed by atoms with Gasteiger partial charge in [0, 0.05) is 41.3 Å². The van der Waals surface area contributed by atoms with E-state index in [2.05, 4.69) is 37.0 Å². The Bertz CT molecular complexity index is 1790. The Morgan fingerprint density at radius 3 is 2.72 bits per heavy atom. The molecule has 1 atom stereocenters. The van der Waals surface area contributed by atoms with Crippen molar-refractivity contribution in [2.45, 2.75) is 32.2 Å². The molecule has 1 saturated carbocycles. The van der Waals surface area contributed by atoms with E-state index in [0.717, 1.165) is 58.6 Å². The van der Waals surface area contributed by atoms with Crippen LogP contribution in [0.5, 0.6) is 0 Å². The van der Waals surface area contributed by atoms with E-state index in [9.17, 15) is 14.4 Å². The maximum atomic E-state index is 13.5. The van der Waals surface area contributed by atoms with Crippen molar-refractivity contribution in [2.75, 3.05) is 17.2 Å². The zero-order valence-corrected chi connectivity index (χ0v) is 23.6. The Balaban J connectivity index is 1.19. The molecule has 0 spiro atoms. The number of nitrogens with zero attached hydrogens (tertiary/aromatic N) is 3. The summed E-state index contributed by atoms with van der Waals surface area (Å²) < 4.78 is 13.5. The summed E-state index contributed by atoms with van der Waals surface area (Å²) in [5.41, 5.74) is 8.45. The molecule has 9 heteroatoms. The number of halogens is 1. The fourth-order valence-corrected chi connectivity index (χ4v) is 5.19. The number of nitriles is 1. The van der Waals surface area contributed by atoms with E-state index in [4.69, 9.17) is 0 Å². The highest BCUT2D eigenvalue weighted by atomic mass is 19.1. The van der Waals surface area contributed by atoms with Crippen molar-refractivity contribution in [1.29, 1.82) is 5.26 Å². The molecule has 1 aliphatic heterocycles. The number of aromatic nitrogens is 3. The smallest absolute Gasteiger partial charge is 0.256 e. The molecule has 0 bridgehead atoms. The molecule has 8 nitrogen and oxygen atoms in total. The number of pyridine rings is 1. The number of anilines is 2. The lowest BCUT2D eigenvalue weighted by atomic mass is 9.87. The number of carbonyl (C=O) groups excluding carboxylic acids is 1. The number of hydrogen-bond acceptors (Lipinski definition) is 6. The normalized spacial score (nSPS) is 15.5. The zero-order chi connectivity index (χ0) is 29.8. The van der Waals surface area contributed by atoms with E-state index in [-0.39, 0.29) is 17.8 Å². The molecule has 0 saturated heterocycles. The number of fused-ring (bicyclic) bond motifs is 1. The summed E-state index contributed by atoms with van der Waals surface area (Å²) in [7, 11) is 0. The fraction of sp³-hybridized carbons (Fsp3) is 0.176. The van der Waals surface area contributed by atoms with Gasteiger partial charge in [-0.15, -0.1) is 0 Å². The lowest BCUT2D eigenvalue weighted by molar-refractivity contribution is -0.110. The molecule has 3 heterocycles. The van der Waals surface area contributed by atoms with Crippen molar-refractivity contribution in [1.82, 2.24) is 20.3 Å². The first-order chi connectivity index (χ1) is 21.0. The first kappa shape index (κ1) is 27.7. The summed E-state index contributed by atoms with van der Waals surface area (Å²) >= 11 is 0. The Kier molecular flexibility index (Phi) is 7.83. The molecule has 4 aromatic rings. The van der Waals surface area contributed by atoms with Gasteiger partial charge >= 0.3 is 0 Å². The number of imidazole rings is 1. The van der Waals surface area contributed by atoms with Crippen LogP contribution in [0.25, 0.3) is 23.4 Å². The van der Waals surface area contributed by atoms with Gasteiger partial charge in [0.1, 0.15) is 17.7 Å². The summed E-state index contributed by atoms with van der Waals surface area (Å²) in [5.74, 6) is 0.257. The first-order valence-corrected chi connectivity index (χ1v) is 14.2. The predicted molar refractivity (Wildman–Crippen MR) is 167 cm³/mol. The molecule has 2 aromatic carbocycles. The summed E-state index contributed by atoms with van der Waals surface area (Å²) in [5, 5.41) is 19.6.